The molecule has 1 saturated heterocycles. The van der Waals surface area contributed by atoms with E-state index in [1.165, 1.54) is 37.2 Å². The molecule has 0 saturated carbocycles. The number of nitrogens with one attached hydrogen (secondary N) is 2. The number of piperazine rings is 1. The van der Waals surface area contributed by atoms with Gasteiger partial charge in [-0.1, -0.05) is 6.92 Å². The van der Waals surface area contributed by atoms with Crippen LogP contribution in [0, 0.1) is 0 Å². The Morgan fingerprint density at radius 1 is 1.26 bits per heavy atom. The van der Waals surface area contributed by atoms with E-state index >= 15 is 0 Å². The molecule has 1 fully saturated rings. The topological polar surface area (TPSA) is 28.9 Å². The number of hydrogen-bond donors (Lipinski definition) is 2. The second kappa shape index (κ2) is 7.83. The highest BCUT2D eigenvalue weighted by molar-refractivity contribution is 7.80. The van der Waals surface area contributed by atoms with Gasteiger partial charge in [-0.05, 0) is 42.9 Å². The smallest absolute Gasteiger partial charge is 0.406 e. The summed E-state index contributed by atoms with van der Waals surface area (Å²) in [4.78, 5) is 3.68. The number of benzene rings is 1. The number of ether oxygens (including phenoxy) is 1. The molecule has 0 aliphatic carbocycles. The Morgan fingerprint density at radius 3 is 2.39 bits per heavy atom. The number of thiocarbonyl (C=S) groups is 1. The van der Waals surface area contributed by atoms with Gasteiger partial charge >= 0.3 is 6.36 Å². The lowest BCUT2D eigenvalue weighted by Crippen LogP contribution is -3.14. The van der Waals surface area contributed by atoms with Crippen LogP contribution >= 0.6 is 12.2 Å². The standard InChI is InChI=1S/C15H20F3N3OS/c1-2-7-20-8-10-21(11-9-20)14(23)19-12-3-5-13(6-4-12)22-15(16,17)18/h3-6H,2,7-11H2,1H3,(H,19,23)/p+1. The lowest BCUT2D eigenvalue weighted by molar-refractivity contribution is -0.903. The van der Waals surface area contributed by atoms with Crippen molar-refractivity contribution in [3.8, 4) is 5.75 Å². The normalized spacial score (nSPS) is 16.3. The fraction of sp³-hybridized carbons (Fsp3) is 0.533. The molecule has 1 aromatic carbocycles. The summed E-state index contributed by atoms with van der Waals surface area (Å²) in [5.74, 6) is -0.245. The molecule has 2 rings (SSSR count). The van der Waals surface area contributed by atoms with Crippen molar-refractivity contribution < 1.29 is 22.8 Å². The highest BCUT2D eigenvalue weighted by Gasteiger charge is 2.31. The quantitative estimate of drug-likeness (QED) is 0.814. The van der Waals surface area contributed by atoms with Crippen LogP contribution in [-0.4, -0.2) is 49.1 Å². The maximum absolute atomic E-state index is 12.1. The van der Waals surface area contributed by atoms with Crippen LogP contribution < -0.4 is 15.0 Å². The van der Waals surface area contributed by atoms with Crippen molar-refractivity contribution >= 4 is 23.0 Å². The van der Waals surface area contributed by atoms with Crippen LogP contribution in [0.4, 0.5) is 18.9 Å². The first kappa shape index (κ1) is 17.8. The summed E-state index contributed by atoms with van der Waals surface area (Å²) in [5.41, 5.74) is 0.646. The van der Waals surface area contributed by atoms with Crippen LogP contribution in [0.2, 0.25) is 0 Å². The maximum atomic E-state index is 12.1. The van der Waals surface area contributed by atoms with Crippen molar-refractivity contribution in [3.63, 3.8) is 0 Å². The minimum atomic E-state index is -4.68. The van der Waals surface area contributed by atoms with Gasteiger partial charge in [0, 0.05) is 5.69 Å². The van der Waals surface area contributed by atoms with E-state index in [9.17, 15) is 13.2 Å². The third-order valence-electron chi connectivity index (χ3n) is 3.70. The summed E-state index contributed by atoms with van der Waals surface area (Å²) < 4.78 is 40.2. The Morgan fingerprint density at radius 2 is 1.87 bits per heavy atom. The summed E-state index contributed by atoms with van der Waals surface area (Å²) in [5, 5.41) is 3.66. The number of halogens is 3. The molecule has 128 valence electrons. The fourth-order valence-corrected chi connectivity index (χ4v) is 2.87. The van der Waals surface area contributed by atoms with Crippen molar-refractivity contribution in [3.05, 3.63) is 24.3 Å². The zero-order valence-corrected chi connectivity index (χ0v) is 13.8. The van der Waals surface area contributed by atoms with Crippen molar-refractivity contribution in [1.82, 2.24) is 4.90 Å². The maximum Gasteiger partial charge on any atom is 0.573 e. The summed E-state index contributed by atoms with van der Waals surface area (Å²) in [6.07, 6.45) is -3.50. The van der Waals surface area contributed by atoms with Crippen LogP contribution in [0.3, 0.4) is 0 Å². The van der Waals surface area contributed by atoms with Crippen molar-refractivity contribution in [1.29, 1.82) is 0 Å². The molecule has 1 aliphatic heterocycles. The fourth-order valence-electron chi connectivity index (χ4n) is 2.57. The first-order chi connectivity index (χ1) is 10.9. The van der Waals surface area contributed by atoms with Crippen LogP contribution in [0.15, 0.2) is 24.3 Å². The van der Waals surface area contributed by atoms with Gasteiger partial charge in [0.2, 0.25) is 0 Å². The van der Waals surface area contributed by atoms with Gasteiger partial charge in [0.15, 0.2) is 5.11 Å². The Balaban J connectivity index is 1.84. The molecule has 23 heavy (non-hydrogen) atoms. The van der Waals surface area contributed by atoms with E-state index in [2.05, 4.69) is 21.9 Å². The Labute approximate surface area is 139 Å². The van der Waals surface area contributed by atoms with E-state index in [0.717, 1.165) is 26.2 Å². The zero-order chi connectivity index (χ0) is 16.9. The average Bonchev–Trinajstić information content (AvgIpc) is 2.49. The molecule has 1 heterocycles. The minimum Gasteiger partial charge on any atom is -0.406 e. The van der Waals surface area contributed by atoms with E-state index < -0.39 is 6.36 Å². The van der Waals surface area contributed by atoms with E-state index in [-0.39, 0.29) is 5.75 Å². The van der Waals surface area contributed by atoms with Gasteiger partial charge < -0.3 is 19.9 Å². The lowest BCUT2D eigenvalue weighted by Gasteiger charge is -2.33. The second-order valence-corrected chi connectivity index (χ2v) is 5.88. The molecule has 0 aromatic heterocycles. The summed E-state index contributed by atoms with van der Waals surface area (Å²) in [6, 6.07) is 5.57. The van der Waals surface area contributed by atoms with Crippen LogP contribution in [0.25, 0.3) is 0 Å². The van der Waals surface area contributed by atoms with Gasteiger partial charge in [-0.15, -0.1) is 13.2 Å². The van der Waals surface area contributed by atoms with Crippen molar-refractivity contribution in [2.75, 3.05) is 38.0 Å². The van der Waals surface area contributed by atoms with Crippen LogP contribution in [0.5, 0.6) is 5.75 Å². The Bertz CT molecular complexity index is 514. The van der Waals surface area contributed by atoms with E-state index in [0.29, 0.717) is 10.8 Å². The first-order valence-electron chi connectivity index (χ1n) is 7.62. The van der Waals surface area contributed by atoms with E-state index in [1.54, 1.807) is 4.90 Å². The number of hydrogen-bond acceptors (Lipinski definition) is 2. The van der Waals surface area contributed by atoms with Gasteiger partial charge in [0.25, 0.3) is 0 Å². The minimum absolute atomic E-state index is 0.245. The van der Waals surface area contributed by atoms with Gasteiger partial charge in [-0.2, -0.15) is 0 Å². The number of quaternary nitrogens is 1. The Hall–Kier alpha value is -1.54. The number of anilines is 1. The Kier molecular flexibility index (Phi) is 6.06. The largest absolute Gasteiger partial charge is 0.573 e. The molecule has 0 atom stereocenters. The first-order valence-corrected chi connectivity index (χ1v) is 8.03. The molecule has 2 N–H and O–H groups in total. The molecule has 1 aliphatic rings. The molecular weight excluding hydrogens is 327 g/mol. The molecule has 0 unspecified atom stereocenters. The highest BCUT2D eigenvalue weighted by atomic mass is 32.1. The molecule has 0 radical (unpaired) electrons. The summed E-state index contributed by atoms with van der Waals surface area (Å²) in [6.45, 7) is 7.22. The van der Waals surface area contributed by atoms with Crippen molar-refractivity contribution in [2.45, 2.75) is 19.7 Å². The monoisotopic (exact) mass is 348 g/mol. The highest BCUT2D eigenvalue weighted by Crippen LogP contribution is 2.24. The van der Waals surface area contributed by atoms with Gasteiger partial charge in [0.05, 0.1) is 32.7 Å². The number of alkyl halides is 3. The summed E-state index contributed by atoms with van der Waals surface area (Å²) in [7, 11) is 0. The van der Waals surface area contributed by atoms with Gasteiger partial charge in [-0.25, -0.2) is 0 Å². The predicted octanol–water partition coefficient (Wildman–Crippen LogP) is 1.89. The molecule has 0 amide bonds. The molecule has 0 spiro atoms. The average molecular weight is 348 g/mol. The molecule has 0 bridgehead atoms. The van der Waals surface area contributed by atoms with Crippen LogP contribution in [0.1, 0.15) is 13.3 Å². The third kappa shape index (κ3) is 5.87. The lowest BCUT2D eigenvalue weighted by atomic mass is 10.3. The third-order valence-corrected chi connectivity index (χ3v) is 4.06. The molecule has 8 heteroatoms. The second-order valence-electron chi connectivity index (χ2n) is 5.49. The van der Waals surface area contributed by atoms with Gasteiger partial charge in [0.1, 0.15) is 5.75 Å². The molecule has 4 nitrogen and oxygen atoms in total. The number of nitrogens with zero attached hydrogens (tertiary/aromatic N) is 1. The zero-order valence-electron chi connectivity index (χ0n) is 12.9. The van der Waals surface area contributed by atoms with Gasteiger partial charge in [-0.3, -0.25) is 0 Å². The molecular formula is C15H21F3N3OS+. The summed E-state index contributed by atoms with van der Waals surface area (Å²) >= 11 is 5.37. The van der Waals surface area contributed by atoms with Crippen molar-refractivity contribution in [2.24, 2.45) is 0 Å². The van der Waals surface area contributed by atoms with E-state index in [4.69, 9.17) is 12.2 Å². The molecule has 1 aromatic rings. The predicted molar refractivity (Wildman–Crippen MR) is 86.8 cm³/mol. The van der Waals surface area contributed by atoms with E-state index in [1.807, 2.05) is 0 Å². The SMILES string of the molecule is CCC[NH+]1CCN(C(=S)Nc2ccc(OC(F)(F)F)cc2)CC1. The van der Waals surface area contributed by atoms with Crippen LogP contribution in [-0.2, 0) is 0 Å². The number of rotatable bonds is 4.